The summed E-state index contributed by atoms with van der Waals surface area (Å²) in [7, 11) is -3.87. The highest BCUT2D eigenvalue weighted by Gasteiger charge is 2.19. The molecule has 5 heteroatoms. The fraction of sp³-hybridized carbons (Fsp3) is 0.800. The Bertz CT molecular complexity index is 206. The number of phosphoric acid groups is 1. The van der Waals surface area contributed by atoms with Gasteiger partial charge in [-0.1, -0.05) is 45.6 Å². The molecule has 1 N–H and O–H groups in total. The van der Waals surface area contributed by atoms with Crippen LogP contribution >= 0.6 is 7.82 Å². The van der Waals surface area contributed by atoms with Gasteiger partial charge in [0.15, 0.2) is 0 Å². The van der Waals surface area contributed by atoms with Crippen molar-refractivity contribution >= 4 is 7.82 Å². The van der Waals surface area contributed by atoms with Crippen molar-refractivity contribution in [3.8, 4) is 0 Å². The molecule has 0 aliphatic heterocycles. The Hall–Kier alpha value is -0.310. The molecule has 0 amide bonds. The Morgan fingerprint density at radius 1 is 1.27 bits per heavy atom. The van der Waals surface area contributed by atoms with Crippen molar-refractivity contribution in [1.29, 1.82) is 0 Å². The number of rotatable bonds is 10. The van der Waals surface area contributed by atoms with E-state index < -0.39 is 7.82 Å². The third-order valence-corrected chi connectivity index (χ3v) is 2.88. The molecule has 0 radical (unpaired) electrons. The van der Waals surface area contributed by atoms with Gasteiger partial charge in [0, 0.05) is 0 Å². The number of hydrogen-bond donors (Lipinski definition) is 1. The van der Waals surface area contributed by atoms with Crippen LogP contribution < -0.4 is 0 Å². The van der Waals surface area contributed by atoms with Crippen molar-refractivity contribution in [2.24, 2.45) is 0 Å². The van der Waals surface area contributed by atoms with E-state index in [9.17, 15) is 4.57 Å². The lowest BCUT2D eigenvalue weighted by Crippen LogP contribution is -1.94. The van der Waals surface area contributed by atoms with E-state index in [1.165, 1.54) is 19.3 Å². The molecular formula is C10H21O4P. The van der Waals surface area contributed by atoms with Gasteiger partial charge in [0.1, 0.15) is 0 Å². The maximum absolute atomic E-state index is 11.0. The molecule has 0 saturated heterocycles. The highest BCUT2D eigenvalue weighted by molar-refractivity contribution is 7.47. The minimum Gasteiger partial charge on any atom is -0.413 e. The molecule has 90 valence electrons. The Morgan fingerprint density at radius 2 is 1.87 bits per heavy atom. The van der Waals surface area contributed by atoms with Crippen LogP contribution in [0.5, 0.6) is 0 Å². The van der Waals surface area contributed by atoms with Crippen LogP contribution in [0.3, 0.4) is 0 Å². The van der Waals surface area contributed by atoms with E-state index >= 15 is 0 Å². The number of hydrogen-bond acceptors (Lipinski definition) is 3. The zero-order chi connectivity index (χ0) is 11.6. The standard InChI is InChI=1S/C10H21O4P/c1-3-5-6-7-8-9-10-14-15(11,12)13-4-2/h4H,2-3,5-10H2,1H3,(H,11,12). The van der Waals surface area contributed by atoms with E-state index in [-0.39, 0.29) is 6.61 Å². The molecule has 15 heavy (non-hydrogen) atoms. The first-order chi connectivity index (χ1) is 7.12. The zero-order valence-electron chi connectivity index (χ0n) is 9.35. The molecule has 0 fully saturated rings. The van der Waals surface area contributed by atoms with Gasteiger partial charge in [-0.2, -0.15) is 0 Å². The Labute approximate surface area is 91.9 Å². The molecule has 0 heterocycles. The lowest BCUT2D eigenvalue weighted by molar-refractivity contribution is 0.184. The lowest BCUT2D eigenvalue weighted by atomic mass is 10.1. The first-order valence-corrected chi connectivity index (χ1v) is 6.88. The van der Waals surface area contributed by atoms with E-state index in [2.05, 4.69) is 18.0 Å². The summed E-state index contributed by atoms with van der Waals surface area (Å²) in [6.07, 6.45) is 7.56. The van der Waals surface area contributed by atoms with Crippen LogP contribution in [0.4, 0.5) is 0 Å². The first-order valence-electron chi connectivity index (χ1n) is 5.39. The lowest BCUT2D eigenvalue weighted by Gasteiger charge is -2.09. The van der Waals surface area contributed by atoms with E-state index in [0.29, 0.717) is 0 Å². The molecular weight excluding hydrogens is 215 g/mol. The minimum absolute atomic E-state index is 0.258. The SMILES string of the molecule is C=COP(=O)(O)OCCCCCCCC. The molecule has 0 rings (SSSR count). The molecule has 1 atom stereocenters. The van der Waals surface area contributed by atoms with Gasteiger partial charge in [-0.05, 0) is 6.42 Å². The Balaban J connectivity index is 3.30. The number of phosphoric ester groups is 1. The van der Waals surface area contributed by atoms with Crippen LogP contribution in [0.2, 0.25) is 0 Å². The highest BCUT2D eigenvalue weighted by atomic mass is 31.2. The molecule has 4 nitrogen and oxygen atoms in total. The van der Waals surface area contributed by atoms with Gasteiger partial charge in [-0.25, -0.2) is 4.57 Å². The molecule has 0 aliphatic rings. The van der Waals surface area contributed by atoms with Crippen LogP contribution in [-0.2, 0) is 13.6 Å². The summed E-state index contributed by atoms with van der Waals surface area (Å²) < 4.78 is 20.0. The van der Waals surface area contributed by atoms with Gasteiger partial charge < -0.3 is 4.52 Å². The summed E-state index contributed by atoms with van der Waals surface area (Å²) in [4.78, 5) is 9.00. The van der Waals surface area contributed by atoms with Crippen molar-refractivity contribution in [3.05, 3.63) is 12.8 Å². The average Bonchev–Trinajstić information content (AvgIpc) is 2.16. The monoisotopic (exact) mass is 236 g/mol. The van der Waals surface area contributed by atoms with E-state index in [0.717, 1.165) is 25.5 Å². The quantitative estimate of drug-likeness (QED) is 0.357. The molecule has 0 aromatic carbocycles. The van der Waals surface area contributed by atoms with Crippen LogP contribution in [-0.4, -0.2) is 11.5 Å². The van der Waals surface area contributed by atoms with E-state index in [1.54, 1.807) is 0 Å². The minimum atomic E-state index is -3.87. The fourth-order valence-electron chi connectivity index (χ4n) is 1.19. The summed E-state index contributed by atoms with van der Waals surface area (Å²) in [5.74, 6) is 0. The fourth-order valence-corrected chi connectivity index (χ4v) is 1.80. The average molecular weight is 236 g/mol. The van der Waals surface area contributed by atoms with Crippen molar-refractivity contribution in [2.45, 2.75) is 45.4 Å². The summed E-state index contributed by atoms with van der Waals surface area (Å²) in [5, 5.41) is 0. The van der Waals surface area contributed by atoms with Crippen LogP contribution in [0.15, 0.2) is 12.8 Å². The van der Waals surface area contributed by atoms with Gasteiger partial charge >= 0.3 is 7.82 Å². The molecule has 0 spiro atoms. The van der Waals surface area contributed by atoms with Crippen molar-refractivity contribution in [1.82, 2.24) is 0 Å². The predicted octanol–water partition coefficient (Wildman–Crippen LogP) is 3.62. The van der Waals surface area contributed by atoms with Gasteiger partial charge in [-0.15, -0.1) is 0 Å². The molecule has 0 aliphatic carbocycles. The van der Waals surface area contributed by atoms with Crippen molar-refractivity contribution in [3.63, 3.8) is 0 Å². The molecule has 0 bridgehead atoms. The normalized spacial score (nSPS) is 14.5. The Morgan fingerprint density at radius 3 is 2.47 bits per heavy atom. The smallest absolute Gasteiger partial charge is 0.413 e. The maximum Gasteiger partial charge on any atom is 0.526 e. The second-order valence-corrected chi connectivity index (χ2v) is 4.75. The summed E-state index contributed by atoms with van der Waals surface area (Å²) in [5.41, 5.74) is 0. The highest BCUT2D eigenvalue weighted by Crippen LogP contribution is 2.43. The van der Waals surface area contributed by atoms with Crippen molar-refractivity contribution < 1.29 is 18.5 Å². The first kappa shape index (κ1) is 14.7. The summed E-state index contributed by atoms with van der Waals surface area (Å²) in [6.45, 7) is 5.61. The van der Waals surface area contributed by atoms with Gasteiger partial charge in [0.2, 0.25) is 0 Å². The van der Waals surface area contributed by atoms with Crippen molar-refractivity contribution in [2.75, 3.05) is 6.61 Å². The summed E-state index contributed by atoms with van der Waals surface area (Å²) >= 11 is 0. The predicted molar refractivity (Wildman–Crippen MR) is 60.4 cm³/mol. The largest absolute Gasteiger partial charge is 0.526 e. The number of unbranched alkanes of at least 4 members (excludes halogenated alkanes) is 5. The molecule has 0 saturated carbocycles. The third kappa shape index (κ3) is 9.98. The molecule has 1 unspecified atom stereocenters. The van der Waals surface area contributed by atoms with E-state index in [4.69, 9.17) is 9.42 Å². The summed E-state index contributed by atoms with van der Waals surface area (Å²) in [6, 6.07) is 0. The van der Waals surface area contributed by atoms with Crippen LogP contribution in [0.1, 0.15) is 45.4 Å². The second-order valence-electron chi connectivity index (χ2n) is 3.34. The van der Waals surface area contributed by atoms with Gasteiger partial charge in [0.25, 0.3) is 0 Å². The van der Waals surface area contributed by atoms with Gasteiger partial charge in [0.05, 0.1) is 12.9 Å². The second kappa shape index (κ2) is 8.96. The molecule has 0 aromatic rings. The molecule has 0 aromatic heterocycles. The van der Waals surface area contributed by atoms with Crippen LogP contribution in [0, 0.1) is 0 Å². The zero-order valence-corrected chi connectivity index (χ0v) is 10.2. The Kier molecular flexibility index (Phi) is 8.77. The maximum atomic E-state index is 11.0. The van der Waals surface area contributed by atoms with Gasteiger partial charge in [-0.3, -0.25) is 9.42 Å². The van der Waals surface area contributed by atoms with Crippen LogP contribution in [0.25, 0.3) is 0 Å². The third-order valence-electron chi connectivity index (χ3n) is 1.96. The topological polar surface area (TPSA) is 55.8 Å². The van der Waals surface area contributed by atoms with E-state index in [1.807, 2.05) is 0 Å².